The Hall–Kier alpha value is -2.06. The molecule has 3 aromatic rings. The molecule has 0 saturated carbocycles. The van der Waals surface area contributed by atoms with Gasteiger partial charge in [-0.15, -0.1) is 0 Å². The molecular weight excluding hydrogens is 318 g/mol. The summed E-state index contributed by atoms with van der Waals surface area (Å²) in [7, 11) is -3.80. The molecule has 3 rings (SSSR count). The molecule has 0 fully saturated rings. The van der Waals surface area contributed by atoms with Crippen LogP contribution in [0.25, 0.3) is 10.2 Å². The van der Waals surface area contributed by atoms with Crippen LogP contribution in [0.15, 0.2) is 47.4 Å². The fourth-order valence-corrected chi connectivity index (χ4v) is 3.94. The second-order valence-electron chi connectivity index (χ2n) is 4.17. The van der Waals surface area contributed by atoms with Crippen molar-refractivity contribution in [2.75, 3.05) is 4.72 Å². The van der Waals surface area contributed by atoms with Gasteiger partial charge < -0.3 is 0 Å². The lowest BCUT2D eigenvalue weighted by atomic mass is 10.3. The molecule has 0 unspecified atom stereocenters. The van der Waals surface area contributed by atoms with Crippen LogP contribution in [0.1, 0.15) is 0 Å². The van der Waals surface area contributed by atoms with Crippen LogP contribution in [0.2, 0.25) is 0 Å². The van der Waals surface area contributed by atoms with Crippen LogP contribution in [0.4, 0.5) is 13.9 Å². The maximum atomic E-state index is 13.5. The Kier molecular flexibility index (Phi) is 3.34. The van der Waals surface area contributed by atoms with Crippen molar-refractivity contribution < 1.29 is 17.2 Å². The molecule has 0 spiro atoms. The molecule has 1 aromatic heterocycles. The van der Waals surface area contributed by atoms with E-state index in [1.165, 1.54) is 12.1 Å². The van der Waals surface area contributed by atoms with Crippen LogP contribution in [0.5, 0.6) is 0 Å². The second-order valence-corrected chi connectivity index (χ2v) is 6.88. The van der Waals surface area contributed by atoms with Gasteiger partial charge in [-0.25, -0.2) is 22.2 Å². The topological polar surface area (TPSA) is 59.1 Å². The first kappa shape index (κ1) is 13.9. The number of sulfonamides is 1. The van der Waals surface area contributed by atoms with Crippen molar-refractivity contribution in [3.8, 4) is 0 Å². The number of rotatable bonds is 3. The van der Waals surface area contributed by atoms with Gasteiger partial charge in [-0.05, 0) is 18.2 Å². The van der Waals surface area contributed by atoms with Gasteiger partial charge in [-0.2, -0.15) is 0 Å². The third-order valence-electron chi connectivity index (χ3n) is 2.69. The largest absolute Gasteiger partial charge is 0.263 e. The number of anilines is 1. The van der Waals surface area contributed by atoms with Gasteiger partial charge in [-0.1, -0.05) is 29.5 Å². The lowest BCUT2D eigenvalue weighted by molar-refractivity contribution is 0.590. The minimum Gasteiger partial charge on any atom is -0.255 e. The zero-order chi connectivity index (χ0) is 15.0. The molecule has 0 aliphatic carbocycles. The van der Waals surface area contributed by atoms with E-state index in [-0.39, 0.29) is 20.2 Å². The summed E-state index contributed by atoms with van der Waals surface area (Å²) in [4.78, 5) is 3.92. The minimum atomic E-state index is -3.80. The van der Waals surface area contributed by atoms with E-state index < -0.39 is 21.7 Å². The van der Waals surface area contributed by atoms with E-state index in [0.29, 0.717) is 6.07 Å². The maximum absolute atomic E-state index is 13.5. The zero-order valence-corrected chi connectivity index (χ0v) is 12.0. The highest BCUT2D eigenvalue weighted by Crippen LogP contribution is 2.30. The van der Waals surface area contributed by atoms with Crippen molar-refractivity contribution >= 4 is 36.7 Å². The third kappa shape index (κ3) is 2.72. The molecule has 21 heavy (non-hydrogen) atoms. The molecular formula is C13H8F2N2O2S2. The Morgan fingerprint density at radius 2 is 1.81 bits per heavy atom. The van der Waals surface area contributed by atoms with Crippen molar-refractivity contribution in [2.24, 2.45) is 0 Å². The van der Waals surface area contributed by atoms with Gasteiger partial charge >= 0.3 is 0 Å². The Balaban J connectivity index is 2.01. The number of aromatic nitrogens is 1. The van der Waals surface area contributed by atoms with Gasteiger partial charge in [-0.3, -0.25) is 4.72 Å². The monoisotopic (exact) mass is 326 g/mol. The van der Waals surface area contributed by atoms with Crippen molar-refractivity contribution in [1.82, 2.24) is 4.98 Å². The lowest BCUT2D eigenvalue weighted by Gasteiger charge is -2.03. The van der Waals surface area contributed by atoms with Crippen molar-refractivity contribution in [3.05, 3.63) is 54.1 Å². The van der Waals surface area contributed by atoms with Gasteiger partial charge in [0.1, 0.15) is 11.3 Å². The molecule has 0 saturated heterocycles. The number of benzene rings is 2. The fraction of sp³-hybridized carbons (Fsp3) is 0. The van der Waals surface area contributed by atoms with E-state index >= 15 is 0 Å². The summed E-state index contributed by atoms with van der Waals surface area (Å²) in [6.45, 7) is 0. The third-order valence-corrected chi connectivity index (χ3v) is 5.09. The highest BCUT2D eigenvalue weighted by molar-refractivity contribution is 7.93. The number of thiazole rings is 1. The highest BCUT2D eigenvalue weighted by atomic mass is 32.2. The normalized spacial score (nSPS) is 11.7. The molecule has 4 nitrogen and oxygen atoms in total. The average Bonchev–Trinajstić information content (AvgIpc) is 2.81. The van der Waals surface area contributed by atoms with Crippen LogP contribution in [-0.2, 0) is 10.0 Å². The molecule has 0 radical (unpaired) electrons. The summed E-state index contributed by atoms with van der Waals surface area (Å²) in [5.74, 6) is -1.56. The van der Waals surface area contributed by atoms with Crippen molar-refractivity contribution in [3.63, 3.8) is 0 Å². The van der Waals surface area contributed by atoms with E-state index in [9.17, 15) is 17.2 Å². The van der Waals surface area contributed by atoms with E-state index in [0.717, 1.165) is 17.4 Å². The highest BCUT2D eigenvalue weighted by Gasteiger charge is 2.17. The SMILES string of the molecule is O=S(=O)(Nc1nc2c(F)cc(F)cc2s1)c1ccccc1. The molecule has 8 heteroatoms. The van der Waals surface area contributed by atoms with E-state index in [4.69, 9.17) is 0 Å². The summed E-state index contributed by atoms with van der Waals surface area (Å²) in [5, 5.41) is -0.0154. The first-order valence-corrected chi connectivity index (χ1v) is 8.09. The molecule has 1 heterocycles. The second kappa shape index (κ2) is 5.05. The first-order valence-electron chi connectivity index (χ1n) is 5.79. The number of nitrogens with zero attached hydrogens (tertiary/aromatic N) is 1. The predicted octanol–water partition coefficient (Wildman–Crippen LogP) is 3.38. The van der Waals surface area contributed by atoms with Gasteiger partial charge in [0.15, 0.2) is 10.9 Å². The Morgan fingerprint density at radius 1 is 1.10 bits per heavy atom. The van der Waals surface area contributed by atoms with Gasteiger partial charge in [0.05, 0.1) is 9.60 Å². The standard InChI is InChI=1S/C13H8F2N2O2S2/c14-8-6-10(15)12-11(7-8)20-13(16-12)17-21(18,19)9-4-2-1-3-5-9/h1-7H,(H,16,17). The molecule has 0 aliphatic rings. The predicted molar refractivity (Wildman–Crippen MR) is 76.8 cm³/mol. The van der Waals surface area contributed by atoms with Gasteiger partial charge in [0.25, 0.3) is 10.0 Å². The molecule has 2 aromatic carbocycles. The molecule has 0 atom stereocenters. The molecule has 0 bridgehead atoms. The quantitative estimate of drug-likeness (QED) is 0.803. The maximum Gasteiger partial charge on any atom is 0.263 e. The Morgan fingerprint density at radius 3 is 2.52 bits per heavy atom. The summed E-state index contributed by atoms with van der Waals surface area (Å²) >= 11 is 0.866. The smallest absolute Gasteiger partial charge is 0.255 e. The van der Waals surface area contributed by atoms with Crippen LogP contribution in [-0.4, -0.2) is 13.4 Å². The van der Waals surface area contributed by atoms with Crippen molar-refractivity contribution in [2.45, 2.75) is 4.90 Å². The average molecular weight is 326 g/mol. The first-order chi connectivity index (χ1) is 9.95. The summed E-state index contributed by atoms with van der Waals surface area (Å²) in [6.07, 6.45) is 0. The number of nitrogens with one attached hydrogen (secondary N) is 1. The fourth-order valence-electron chi connectivity index (χ4n) is 1.77. The van der Waals surface area contributed by atoms with Crippen molar-refractivity contribution in [1.29, 1.82) is 0 Å². The number of hydrogen-bond acceptors (Lipinski definition) is 4. The summed E-state index contributed by atoms with van der Waals surface area (Å²) in [5.41, 5.74) is -0.0628. The number of halogens is 2. The van der Waals surface area contributed by atoms with E-state index in [1.807, 2.05) is 0 Å². The Labute approximate surface area is 123 Å². The minimum absolute atomic E-state index is 0.0154. The van der Waals surface area contributed by atoms with E-state index in [2.05, 4.69) is 9.71 Å². The molecule has 0 aliphatic heterocycles. The van der Waals surface area contributed by atoms with Crippen LogP contribution >= 0.6 is 11.3 Å². The molecule has 1 N–H and O–H groups in total. The lowest BCUT2D eigenvalue weighted by Crippen LogP contribution is -2.12. The van der Waals surface area contributed by atoms with E-state index in [1.54, 1.807) is 18.2 Å². The number of hydrogen-bond donors (Lipinski definition) is 1. The van der Waals surface area contributed by atoms with Gasteiger partial charge in [0.2, 0.25) is 0 Å². The van der Waals surface area contributed by atoms with Crippen LogP contribution < -0.4 is 4.72 Å². The number of fused-ring (bicyclic) bond motifs is 1. The zero-order valence-electron chi connectivity index (χ0n) is 10.4. The summed E-state index contributed by atoms with van der Waals surface area (Å²) < 4.78 is 53.4. The Bertz CT molecular complexity index is 909. The molecule has 0 amide bonds. The van der Waals surface area contributed by atoms with Gasteiger partial charge in [0, 0.05) is 6.07 Å². The summed E-state index contributed by atoms with van der Waals surface area (Å²) in [6, 6.07) is 9.53. The molecule has 108 valence electrons. The van der Waals surface area contributed by atoms with Crippen LogP contribution in [0.3, 0.4) is 0 Å². The van der Waals surface area contributed by atoms with Crippen LogP contribution in [0, 0.1) is 11.6 Å².